The Morgan fingerprint density at radius 1 is 1.28 bits per heavy atom. The third-order valence-corrected chi connectivity index (χ3v) is 7.58. The molecule has 1 fully saturated rings. The maximum atomic E-state index is 13.2. The molecule has 1 aromatic carbocycles. The zero-order valence-corrected chi connectivity index (χ0v) is 21.1. The van der Waals surface area contributed by atoms with Crippen molar-refractivity contribution in [2.75, 3.05) is 0 Å². The number of halogens is 1. The molecule has 0 saturated heterocycles. The lowest BCUT2D eigenvalue weighted by atomic mass is 9.67. The van der Waals surface area contributed by atoms with Crippen molar-refractivity contribution in [1.82, 2.24) is 4.90 Å². The number of carboxylic acids is 1. The normalized spacial score (nSPS) is 26.2. The molecule has 1 aliphatic carbocycles. The van der Waals surface area contributed by atoms with E-state index in [0.717, 1.165) is 41.8 Å². The number of rotatable bonds is 7. The second kappa shape index (κ2) is 9.21. The van der Waals surface area contributed by atoms with Crippen LogP contribution < -0.4 is 0 Å². The van der Waals surface area contributed by atoms with Crippen LogP contribution >= 0.6 is 11.6 Å². The summed E-state index contributed by atoms with van der Waals surface area (Å²) in [6.45, 7) is 13.2. The Labute approximate surface area is 198 Å². The van der Waals surface area contributed by atoms with Gasteiger partial charge < -0.3 is 10.0 Å². The third-order valence-electron chi connectivity index (χ3n) is 7.23. The molecule has 1 N–H and O–H groups in total. The Kier molecular flexibility index (Phi) is 7.14. The van der Waals surface area contributed by atoms with Crippen molar-refractivity contribution in [3.63, 3.8) is 0 Å². The Balaban J connectivity index is 1.84. The Bertz CT molecular complexity index is 908. The van der Waals surface area contributed by atoms with Crippen LogP contribution in [-0.4, -0.2) is 27.9 Å². The van der Waals surface area contributed by atoms with E-state index in [0.29, 0.717) is 6.42 Å². The van der Waals surface area contributed by atoms with Gasteiger partial charge in [-0.1, -0.05) is 65.3 Å². The number of benzene rings is 1. The summed E-state index contributed by atoms with van der Waals surface area (Å²) < 4.78 is 0. The minimum atomic E-state index is -0.757. The largest absolute Gasteiger partial charge is 0.481 e. The lowest BCUT2D eigenvalue weighted by molar-refractivity contribution is -0.140. The van der Waals surface area contributed by atoms with Crippen LogP contribution in [0.1, 0.15) is 84.8 Å². The fourth-order valence-electron chi connectivity index (χ4n) is 5.17. The van der Waals surface area contributed by atoms with Gasteiger partial charge in [0.1, 0.15) is 0 Å². The molecular formula is C27H38ClNO3. The minimum Gasteiger partial charge on any atom is -0.481 e. The van der Waals surface area contributed by atoms with Gasteiger partial charge in [-0.3, -0.25) is 9.59 Å². The molecule has 0 radical (unpaired) electrons. The molecule has 0 aromatic heterocycles. The summed E-state index contributed by atoms with van der Waals surface area (Å²) in [5, 5.41) is 9.80. The van der Waals surface area contributed by atoms with Gasteiger partial charge in [-0.2, -0.15) is 0 Å². The monoisotopic (exact) mass is 459 g/mol. The molecule has 0 unspecified atom stereocenters. The lowest BCUT2D eigenvalue weighted by Gasteiger charge is -2.47. The van der Waals surface area contributed by atoms with E-state index in [9.17, 15) is 9.59 Å². The highest BCUT2D eigenvalue weighted by molar-refractivity contribution is 6.31. The highest BCUT2D eigenvalue weighted by Crippen LogP contribution is 2.46. The van der Waals surface area contributed by atoms with Gasteiger partial charge in [0.2, 0.25) is 5.91 Å². The zero-order chi connectivity index (χ0) is 23.8. The van der Waals surface area contributed by atoms with Crippen LogP contribution in [0.5, 0.6) is 0 Å². The van der Waals surface area contributed by atoms with E-state index in [-0.39, 0.29) is 35.6 Å². The van der Waals surface area contributed by atoms with E-state index in [2.05, 4.69) is 65.9 Å². The topological polar surface area (TPSA) is 57.6 Å². The molecule has 0 bridgehead atoms. The van der Waals surface area contributed by atoms with Crippen molar-refractivity contribution in [2.45, 2.75) is 91.5 Å². The highest BCUT2D eigenvalue weighted by atomic mass is 35.5. The standard InChI is InChI=1S/C27H38ClNO3/c1-17(2)22-16-29(21-11-18(12-21)13-25(31)32)24(30)15-27(22,6)20-8-7-19(23(28)14-20)9-10-26(3,4)5/h7-8,14,16-18,21H,9-13,15H2,1-6H3,(H,31,32)/t18?,21?,27-/m1/s1. The van der Waals surface area contributed by atoms with Gasteiger partial charge in [-0.15, -0.1) is 0 Å². The van der Waals surface area contributed by atoms with Gasteiger partial charge in [0.05, 0.1) is 0 Å². The number of allylic oxidation sites excluding steroid dienone is 1. The highest BCUT2D eigenvalue weighted by Gasteiger charge is 2.44. The predicted octanol–water partition coefficient (Wildman–Crippen LogP) is 6.60. The molecule has 1 atom stereocenters. The zero-order valence-electron chi connectivity index (χ0n) is 20.4. The maximum absolute atomic E-state index is 13.2. The summed E-state index contributed by atoms with van der Waals surface area (Å²) in [4.78, 5) is 26.1. The molecule has 1 saturated carbocycles. The molecule has 4 nitrogen and oxygen atoms in total. The molecule has 3 rings (SSSR count). The Morgan fingerprint density at radius 2 is 1.94 bits per heavy atom. The van der Waals surface area contributed by atoms with Crippen LogP contribution in [0.25, 0.3) is 0 Å². The van der Waals surface area contributed by atoms with E-state index >= 15 is 0 Å². The number of carboxylic acid groups (broad SMARTS) is 1. The van der Waals surface area contributed by atoms with Crippen LogP contribution in [-0.2, 0) is 21.4 Å². The fourth-order valence-corrected chi connectivity index (χ4v) is 5.44. The van der Waals surface area contributed by atoms with Gasteiger partial charge in [-0.05, 0) is 65.7 Å². The Hall–Kier alpha value is -1.81. The predicted molar refractivity (Wildman–Crippen MR) is 130 cm³/mol. The van der Waals surface area contributed by atoms with E-state index in [1.165, 1.54) is 5.57 Å². The number of nitrogens with zero attached hydrogens (tertiary/aromatic N) is 1. The number of aryl methyl sites for hydroxylation is 1. The maximum Gasteiger partial charge on any atom is 0.303 e. The molecule has 1 heterocycles. The first kappa shape index (κ1) is 24.8. The van der Waals surface area contributed by atoms with Gasteiger partial charge in [-0.25, -0.2) is 0 Å². The van der Waals surface area contributed by atoms with Gasteiger partial charge in [0, 0.05) is 35.5 Å². The average molecular weight is 460 g/mol. The number of hydrogen-bond acceptors (Lipinski definition) is 2. The summed E-state index contributed by atoms with van der Waals surface area (Å²) in [7, 11) is 0. The van der Waals surface area contributed by atoms with Gasteiger partial charge >= 0.3 is 5.97 Å². The van der Waals surface area contributed by atoms with Crippen molar-refractivity contribution >= 4 is 23.5 Å². The molecule has 1 amide bonds. The van der Waals surface area contributed by atoms with Gasteiger partial charge in [0.15, 0.2) is 0 Å². The van der Waals surface area contributed by atoms with Crippen molar-refractivity contribution in [3.8, 4) is 0 Å². The number of amides is 1. The van der Waals surface area contributed by atoms with Gasteiger partial charge in [0.25, 0.3) is 0 Å². The molecule has 1 aromatic rings. The molecule has 176 valence electrons. The number of aliphatic carboxylic acids is 1. The van der Waals surface area contributed by atoms with Crippen LogP contribution in [0.3, 0.4) is 0 Å². The van der Waals surface area contributed by atoms with E-state index in [1.807, 2.05) is 4.90 Å². The van der Waals surface area contributed by atoms with Crippen LogP contribution in [0, 0.1) is 17.3 Å². The first-order valence-corrected chi connectivity index (χ1v) is 12.2. The van der Waals surface area contributed by atoms with Crippen molar-refractivity contribution < 1.29 is 14.7 Å². The summed E-state index contributed by atoms with van der Waals surface area (Å²) in [6, 6.07) is 6.46. The molecule has 1 aliphatic heterocycles. The second-order valence-electron chi connectivity index (χ2n) is 11.5. The van der Waals surface area contributed by atoms with Crippen LogP contribution in [0.4, 0.5) is 0 Å². The van der Waals surface area contributed by atoms with Crippen molar-refractivity contribution in [2.24, 2.45) is 17.3 Å². The first-order valence-electron chi connectivity index (χ1n) is 11.8. The number of carbonyl (C=O) groups is 2. The quantitative estimate of drug-likeness (QED) is 0.499. The lowest BCUT2D eigenvalue weighted by Crippen LogP contribution is -2.50. The smallest absolute Gasteiger partial charge is 0.303 e. The SMILES string of the molecule is CC(C)C1=CN(C2CC(CC(=O)O)C2)C(=O)C[C@]1(C)c1ccc(CCC(C)(C)C)c(Cl)c1. The summed E-state index contributed by atoms with van der Waals surface area (Å²) in [5.41, 5.74) is 3.35. The number of hydrogen-bond donors (Lipinski definition) is 1. The third kappa shape index (κ3) is 5.39. The second-order valence-corrected chi connectivity index (χ2v) is 11.9. The van der Waals surface area contributed by atoms with E-state index in [1.54, 1.807) is 0 Å². The van der Waals surface area contributed by atoms with Crippen LogP contribution in [0.15, 0.2) is 30.0 Å². The van der Waals surface area contributed by atoms with Crippen LogP contribution in [0.2, 0.25) is 5.02 Å². The van der Waals surface area contributed by atoms with E-state index in [4.69, 9.17) is 16.7 Å². The minimum absolute atomic E-state index is 0.114. The summed E-state index contributed by atoms with van der Waals surface area (Å²) in [6.07, 6.45) is 6.21. The average Bonchev–Trinajstić information content (AvgIpc) is 2.62. The molecular weight excluding hydrogens is 422 g/mol. The molecule has 0 spiro atoms. The first-order chi connectivity index (χ1) is 14.8. The van der Waals surface area contributed by atoms with Crippen molar-refractivity contribution in [3.05, 3.63) is 46.1 Å². The number of carbonyl (C=O) groups excluding carboxylic acids is 1. The molecule has 32 heavy (non-hydrogen) atoms. The molecule has 5 heteroatoms. The molecule has 2 aliphatic rings. The Morgan fingerprint density at radius 3 is 2.47 bits per heavy atom. The fraction of sp³-hybridized carbons (Fsp3) is 0.630. The summed E-state index contributed by atoms with van der Waals surface area (Å²) >= 11 is 6.71. The summed E-state index contributed by atoms with van der Waals surface area (Å²) in [5.74, 6) is -0.186. The van der Waals surface area contributed by atoms with E-state index < -0.39 is 11.4 Å². The van der Waals surface area contributed by atoms with Crippen molar-refractivity contribution in [1.29, 1.82) is 0 Å².